The molecule has 1 aromatic carbocycles. The van der Waals surface area contributed by atoms with Crippen molar-refractivity contribution in [2.75, 3.05) is 11.1 Å². The molecule has 0 aliphatic heterocycles. The molecule has 0 spiro atoms. The quantitative estimate of drug-likeness (QED) is 0.745. The lowest BCUT2D eigenvalue weighted by atomic mass is 10.1. The molecule has 0 saturated carbocycles. The summed E-state index contributed by atoms with van der Waals surface area (Å²) in [6.45, 7) is 1.94. The van der Waals surface area contributed by atoms with Crippen molar-refractivity contribution < 1.29 is 14.3 Å². The van der Waals surface area contributed by atoms with E-state index in [-0.39, 0.29) is 16.9 Å². The topological polar surface area (TPSA) is 93.2 Å². The van der Waals surface area contributed by atoms with E-state index in [4.69, 9.17) is 5.73 Å². The van der Waals surface area contributed by atoms with E-state index < -0.39 is 11.8 Å². The zero-order valence-corrected chi connectivity index (χ0v) is 11.1. The van der Waals surface area contributed by atoms with Crippen LogP contribution >= 0.6 is 0 Å². The number of aromatic carboxylic acids is 1. The predicted molar refractivity (Wildman–Crippen MR) is 73.6 cm³/mol. The Morgan fingerprint density at radius 3 is 2.80 bits per heavy atom. The largest absolute Gasteiger partial charge is 0.478 e. The number of nitrogen functional groups attached to an aromatic ring is 1. The van der Waals surface area contributed by atoms with Crippen LogP contribution in [0.5, 0.6) is 0 Å². The van der Waals surface area contributed by atoms with Crippen molar-refractivity contribution in [3.05, 3.63) is 35.4 Å². The van der Waals surface area contributed by atoms with Crippen LogP contribution in [0.1, 0.15) is 23.0 Å². The molecule has 2 aromatic rings. The third kappa shape index (κ3) is 2.42. The van der Waals surface area contributed by atoms with E-state index in [1.807, 2.05) is 6.92 Å². The first kappa shape index (κ1) is 13.9. The molecule has 7 heteroatoms. The van der Waals surface area contributed by atoms with Crippen LogP contribution in [0.15, 0.2) is 18.3 Å². The number of carboxylic acids is 1. The average Bonchev–Trinajstić information content (AvgIpc) is 2.73. The number of halogens is 1. The van der Waals surface area contributed by atoms with Crippen LogP contribution in [-0.2, 0) is 13.5 Å². The van der Waals surface area contributed by atoms with Gasteiger partial charge in [-0.2, -0.15) is 5.10 Å². The van der Waals surface area contributed by atoms with Crippen LogP contribution in [0.2, 0.25) is 0 Å². The van der Waals surface area contributed by atoms with Gasteiger partial charge in [0.1, 0.15) is 11.4 Å². The summed E-state index contributed by atoms with van der Waals surface area (Å²) in [6.07, 6.45) is 2.41. The SMILES string of the molecule is CCc1nn(C)cc1Nc1ccc(F)c(N)c1C(=O)O. The smallest absolute Gasteiger partial charge is 0.340 e. The van der Waals surface area contributed by atoms with Gasteiger partial charge in [-0.1, -0.05) is 6.92 Å². The molecule has 106 valence electrons. The first-order valence-corrected chi connectivity index (χ1v) is 6.04. The number of aromatic nitrogens is 2. The Hall–Kier alpha value is -2.57. The van der Waals surface area contributed by atoms with Gasteiger partial charge in [0.25, 0.3) is 0 Å². The molecular weight excluding hydrogens is 263 g/mol. The molecular formula is C13H15FN4O2. The van der Waals surface area contributed by atoms with Gasteiger partial charge in [0, 0.05) is 13.2 Å². The summed E-state index contributed by atoms with van der Waals surface area (Å²) in [6, 6.07) is 2.48. The molecule has 1 aromatic heterocycles. The van der Waals surface area contributed by atoms with Crippen molar-refractivity contribution in [3.63, 3.8) is 0 Å². The van der Waals surface area contributed by atoms with Crippen molar-refractivity contribution in [1.82, 2.24) is 9.78 Å². The lowest BCUT2D eigenvalue weighted by molar-refractivity contribution is 0.0698. The molecule has 4 N–H and O–H groups in total. The minimum atomic E-state index is -1.29. The number of nitrogens with one attached hydrogen (secondary N) is 1. The summed E-state index contributed by atoms with van der Waals surface area (Å²) >= 11 is 0. The molecule has 1 heterocycles. The van der Waals surface area contributed by atoms with Crippen molar-refractivity contribution in [3.8, 4) is 0 Å². The van der Waals surface area contributed by atoms with Gasteiger partial charge in [0.2, 0.25) is 0 Å². The summed E-state index contributed by atoms with van der Waals surface area (Å²) in [5.41, 5.74) is 6.52. The van der Waals surface area contributed by atoms with Gasteiger partial charge in [-0.05, 0) is 18.6 Å². The minimum absolute atomic E-state index is 0.235. The maximum atomic E-state index is 13.4. The molecule has 0 bridgehead atoms. The number of rotatable bonds is 4. The number of nitrogens with zero attached hydrogens (tertiary/aromatic N) is 2. The van der Waals surface area contributed by atoms with Crippen molar-refractivity contribution in [2.45, 2.75) is 13.3 Å². The monoisotopic (exact) mass is 278 g/mol. The number of nitrogens with two attached hydrogens (primary N) is 1. The molecule has 0 fully saturated rings. The minimum Gasteiger partial charge on any atom is -0.478 e. The summed E-state index contributed by atoms with van der Waals surface area (Å²) in [5, 5.41) is 16.4. The highest BCUT2D eigenvalue weighted by Gasteiger charge is 2.18. The van der Waals surface area contributed by atoms with Crippen LogP contribution in [0, 0.1) is 5.82 Å². The van der Waals surface area contributed by atoms with Crippen LogP contribution < -0.4 is 11.1 Å². The molecule has 0 aliphatic carbocycles. The van der Waals surface area contributed by atoms with Crippen molar-refractivity contribution in [2.24, 2.45) is 7.05 Å². The number of benzene rings is 1. The normalized spacial score (nSPS) is 10.6. The van der Waals surface area contributed by atoms with Gasteiger partial charge in [-0.3, -0.25) is 4.68 Å². The fraction of sp³-hybridized carbons (Fsp3) is 0.231. The molecule has 0 unspecified atom stereocenters. The third-order valence-corrected chi connectivity index (χ3v) is 2.92. The highest BCUT2D eigenvalue weighted by molar-refractivity contribution is 6.00. The van der Waals surface area contributed by atoms with E-state index in [0.29, 0.717) is 12.1 Å². The van der Waals surface area contributed by atoms with Crippen LogP contribution in [0.4, 0.5) is 21.5 Å². The second-order valence-electron chi connectivity index (χ2n) is 4.33. The Bertz CT molecular complexity index is 667. The first-order valence-electron chi connectivity index (χ1n) is 6.04. The number of hydrogen-bond donors (Lipinski definition) is 3. The Morgan fingerprint density at radius 2 is 2.20 bits per heavy atom. The number of hydrogen-bond acceptors (Lipinski definition) is 4. The lowest BCUT2D eigenvalue weighted by Gasteiger charge is -2.11. The zero-order chi connectivity index (χ0) is 14.9. The van der Waals surface area contributed by atoms with Gasteiger partial charge in [0.05, 0.1) is 22.8 Å². The second kappa shape index (κ2) is 5.20. The van der Waals surface area contributed by atoms with Gasteiger partial charge in [0.15, 0.2) is 0 Å². The van der Waals surface area contributed by atoms with E-state index in [1.54, 1.807) is 17.9 Å². The fourth-order valence-electron chi connectivity index (χ4n) is 1.97. The van der Waals surface area contributed by atoms with Crippen LogP contribution in [-0.4, -0.2) is 20.9 Å². The Morgan fingerprint density at radius 1 is 1.50 bits per heavy atom. The standard InChI is InChI=1S/C13H15FN4O2/c1-3-8-10(6-18(2)17-8)16-9-5-4-7(14)12(15)11(9)13(19)20/h4-6,16H,3,15H2,1-2H3,(H,19,20). The molecule has 0 saturated heterocycles. The fourth-order valence-corrected chi connectivity index (χ4v) is 1.97. The van der Waals surface area contributed by atoms with Crippen LogP contribution in [0.3, 0.4) is 0 Å². The van der Waals surface area contributed by atoms with E-state index in [9.17, 15) is 14.3 Å². The second-order valence-corrected chi connectivity index (χ2v) is 4.33. The Kier molecular flexibility index (Phi) is 3.60. The summed E-state index contributed by atoms with van der Waals surface area (Å²) in [7, 11) is 1.77. The predicted octanol–water partition coefficient (Wildman–Crippen LogP) is 2.15. The summed E-state index contributed by atoms with van der Waals surface area (Å²) in [5.74, 6) is -2.04. The lowest BCUT2D eigenvalue weighted by Crippen LogP contribution is -2.09. The Labute approximate surface area is 115 Å². The Balaban J connectivity index is 2.48. The zero-order valence-electron chi connectivity index (χ0n) is 11.1. The van der Waals surface area contributed by atoms with Gasteiger partial charge >= 0.3 is 5.97 Å². The van der Waals surface area contributed by atoms with Gasteiger partial charge in [-0.15, -0.1) is 0 Å². The maximum absolute atomic E-state index is 13.4. The maximum Gasteiger partial charge on any atom is 0.340 e. The molecule has 0 atom stereocenters. The van der Waals surface area contributed by atoms with Gasteiger partial charge < -0.3 is 16.2 Å². The average molecular weight is 278 g/mol. The third-order valence-electron chi connectivity index (χ3n) is 2.92. The molecule has 6 nitrogen and oxygen atoms in total. The first-order chi connectivity index (χ1) is 9.43. The van der Waals surface area contributed by atoms with Crippen LogP contribution in [0.25, 0.3) is 0 Å². The van der Waals surface area contributed by atoms with E-state index in [2.05, 4.69) is 10.4 Å². The molecule has 2 rings (SSSR count). The van der Waals surface area contributed by atoms with Gasteiger partial charge in [-0.25, -0.2) is 9.18 Å². The summed E-state index contributed by atoms with van der Waals surface area (Å²) < 4.78 is 15.0. The number of aryl methyl sites for hydroxylation is 2. The summed E-state index contributed by atoms with van der Waals surface area (Å²) in [4.78, 5) is 11.2. The number of carbonyl (C=O) groups is 1. The highest BCUT2D eigenvalue weighted by atomic mass is 19.1. The number of carboxylic acid groups (broad SMARTS) is 1. The van der Waals surface area contributed by atoms with Crippen molar-refractivity contribution >= 4 is 23.0 Å². The van der Waals surface area contributed by atoms with Crippen molar-refractivity contribution in [1.29, 1.82) is 0 Å². The highest BCUT2D eigenvalue weighted by Crippen LogP contribution is 2.29. The molecule has 0 radical (unpaired) electrons. The molecule has 0 amide bonds. The van der Waals surface area contributed by atoms with E-state index in [1.165, 1.54) is 6.07 Å². The molecule has 20 heavy (non-hydrogen) atoms. The number of anilines is 3. The van der Waals surface area contributed by atoms with E-state index in [0.717, 1.165) is 11.8 Å². The van der Waals surface area contributed by atoms with E-state index >= 15 is 0 Å². The molecule has 0 aliphatic rings.